The standard InChI is InChI=1S/C15H19FN2O3/c1-21-15(20)12-6-5-10(16)7-13(12)18-14(19)11-4-2-3-9(11)8-17/h5-7,9,11H,2-4,8,17H2,1H3,(H,18,19). The molecule has 1 aromatic rings. The highest BCUT2D eigenvalue weighted by Gasteiger charge is 2.32. The van der Waals surface area contributed by atoms with Crippen molar-refractivity contribution in [3.05, 3.63) is 29.6 Å². The second-order valence-corrected chi connectivity index (χ2v) is 5.20. The number of ether oxygens (including phenoxy) is 1. The van der Waals surface area contributed by atoms with E-state index in [1.54, 1.807) is 0 Å². The lowest BCUT2D eigenvalue weighted by Gasteiger charge is -2.18. The van der Waals surface area contributed by atoms with E-state index in [9.17, 15) is 14.0 Å². The lowest BCUT2D eigenvalue weighted by molar-refractivity contribution is -0.120. The number of benzene rings is 1. The Bertz CT molecular complexity index is 548. The maximum absolute atomic E-state index is 13.4. The maximum atomic E-state index is 13.4. The average molecular weight is 294 g/mol. The largest absolute Gasteiger partial charge is 0.465 e. The number of rotatable bonds is 4. The van der Waals surface area contributed by atoms with Gasteiger partial charge in [0.25, 0.3) is 0 Å². The van der Waals surface area contributed by atoms with Gasteiger partial charge in [-0.3, -0.25) is 4.79 Å². The highest BCUT2D eigenvalue weighted by Crippen LogP contribution is 2.32. The summed E-state index contributed by atoms with van der Waals surface area (Å²) in [5, 5.41) is 2.64. The van der Waals surface area contributed by atoms with Crippen LogP contribution in [-0.2, 0) is 9.53 Å². The molecule has 6 heteroatoms. The van der Waals surface area contributed by atoms with Crippen LogP contribution in [0.25, 0.3) is 0 Å². The van der Waals surface area contributed by atoms with Crippen LogP contribution in [0.15, 0.2) is 18.2 Å². The number of hydrogen-bond acceptors (Lipinski definition) is 4. The predicted molar refractivity (Wildman–Crippen MR) is 76.3 cm³/mol. The molecule has 0 spiro atoms. The molecule has 2 rings (SSSR count). The number of anilines is 1. The fourth-order valence-electron chi connectivity index (χ4n) is 2.80. The topological polar surface area (TPSA) is 81.4 Å². The summed E-state index contributed by atoms with van der Waals surface area (Å²) in [4.78, 5) is 24.0. The number of methoxy groups -OCH3 is 1. The van der Waals surface area contributed by atoms with Crippen LogP contribution in [0, 0.1) is 17.7 Å². The van der Waals surface area contributed by atoms with Gasteiger partial charge in [0.05, 0.1) is 18.4 Å². The van der Waals surface area contributed by atoms with Gasteiger partial charge in [0.1, 0.15) is 5.82 Å². The third kappa shape index (κ3) is 3.39. The third-order valence-electron chi connectivity index (χ3n) is 3.94. The molecule has 0 aromatic heterocycles. The summed E-state index contributed by atoms with van der Waals surface area (Å²) >= 11 is 0. The van der Waals surface area contributed by atoms with Gasteiger partial charge in [-0.15, -0.1) is 0 Å². The van der Waals surface area contributed by atoms with E-state index in [0.29, 0.717) is 6.54 Å². The molecule has 0 bridgehead atoms. The third-order valence-corrected chi connectivity index (χ3v) is 3.94. The Morgan fingerprint density at radius 2 is 2.19 bits per heavy atom. The molecule has 0 radical (unpaired) electrons. The molecule has 0 aliphatic heterocycles. The van der Waals surface area contributed by atoms with Crippen LogP contribution < -0.4 is 11.1 Å². The van der Waals surface area contributed by atoms with E-state index in [1.807, 2.05) is 0 Å². The first-order valence-corrected chi connectivity index (χ1v) is 6.95. The first-order valence-electron chi connectivity index (χ1n) is 6.95. The number of nitrogens with one attached hydrogen (secondary N) is 1. The highest BCUT2D eigenvalue weighted by molar-refractivity contribution is 6.02. The molecule has 5 nitrogen and oxygen atoms in total. The average Bonchev–Trinajstić information content (AvgIpc) is 2.95. The number of carbonyl (C=O) groups is 2. The van der Waals surface area contributed by atoms with Gasteiger partial charge >= 0.3 is 5.97 Å². The summed E-state index contributed by atoms with van der Waals surface area (Å²) in [5.74, 6) is -1.42. The van der Waals surface area contributed by atoms with E-state index >= 15 is 0 Å². The minimum absolute atomic E-state index is 0.134. The van der Waals surface area contributed by atoms with Crippen molar-refractivity contribution in [1.29, 1.82) is 0 Å². The molecule has 1 aromatic carbocycles. The molecule has 1 aliphatic carbocycles. The number of nitrogens with two attached hydrogens (primary N) is 1. The first kappa shape index (κ1) is 15.4. The Hall–Kier alpha value is -1.95. The van der Waals surface area contributed by atoms with Gasteiger partial charge in [-0.1, -0.05) is 6.42 Å². The van der Waals surface area contributed by atoms with Gasteiger partial charge in [-0.25, -0.2) is 9.18 Å². The smallest absolute Gasteiger partial charge is 0.339 e. The van der Waals surface area contributed by atoms with Crippen molar-refractivity contribution in [2.75, 3.05) is 19.0 Å². The number of hydrogen-bond donors (Lipinski definition) is 2. The molecule has 1 saturated carbocycles. The summed E-state index contributed by atoms with van der Waals surface area (Å²) in [6.45, 7) is 0.450. The van der Waals surface area contributed by atoms with Crippen molar-refractivity contribution in [3.8, 4) is 0 Å². The van der Waals surface area contributed by atoms with E-state index in [0.717, 1.165) is 31.4 Å². The predicted octanol–water partition coefficient (Wildman–Crippen LogP) is 1.93. The molecule has 2 atom stereocenters. The van der Waals surface area contributed by atoms with E-state index in [4.69, 9.17) is 5.73 Å². The second-order valence-electron chi connectivity index (χ2n) is 5.20. The first-order chi connectivity index (χ1) is 10.1. The van der Waals surface area contributed by atoms with Gasteiger partial charge in [0.15, 0.2) is 0 Å². The summed E-state index contributed by atoms with van der Waals surface area (Å²) < 4.78 is 18.0. The van der Waals surface area contributed by atoms with E-state index < -0.39 is 11.8 Å². The van der Waals surface area contributed by atoms with Crippen molar-refractivity contribution >= 4 is 17.6 Å². The van der Waals surface area contributed by atoms with Crippen LogP contribution in [0.3, 0.4) is 0 Å². The lowest BCUT2D eigenvalue weighted by atomic mass is 9.95. The van der Waals surface area contributed by atoms with Gasteiger partial charge < -0.3 is 15.8 Å². The minimum atomic E-state index is -0.618. The highest BCUT2D eigenvalue weighted by atomic mass is 19.1. The number of carbonyl (C=O) groups excluding carboxylic acids is 2. The minimum Gasteiger partial charge on any atom is -0.465 e. The summed E-state index contributed by atoms with van der Waals surface area (Å²) in [5.41, 5.74) is 5.93. The van der Waals surface area contributed by atoms with Crippen molar-refractivity contribution in [1.82, 2.24) is 0 Å². The summed E-state index contributed by atoms with van der Waals surface area (Å²) in [6.07, 6.45) is 2.63. The molecule has 3 N–H and O–H groups in total. The molecule has 21 heavy (non-hydrogen) atoms. The number of halogens is 1. The van der Waals surface area contributed by atoms with Crippen LogP contribution in [0.5, 0.6) is 0 Å². The Morgan fingerprint density at radius 1 is 1.43 bits per heavy atom. The molecule has 1 aliphatic rings. The maximum Gasteiger partial charge on any atom is 0.339 e. The Kier molecular flexibility index (Phi) is 4.90. The molecule has 1 fully saturated rings. The Labute approximate surface area is 122 Å². The van der Waals surface area contributed by atoms with Gasteiger partial charge in [0.2, 0.25) is 5.91 Å². The monoisotopic (exact) mass is 294 g/mol. The van der Waals surface area contributed by atoms with Crippen molar-refractivity contribution in [2.45, 2.75) is 19.3 Å². The number of amides is 1. The zero-order valence-electron chi connectivity index (χ0n) is 11.9. The SMILES string of the molecule is COC(=O)c1ccc(F)cc1NC(=O)C1CCCC1CN. The molecular formula is C15H19FN2O3. The quantitative estimate of drug-likeness (QED) is 0.831. The molecule has 1 amide bonds. The van der Waals surface area contributed by atoms with Crippen molar-refractivity contribution < 1.29 is 18.7 Å². The molecular weight excluding hydrogens is 275 g/mol. The van der Waals surface area contributed by atoms with Crippen LogP contribution in [0.1, 0.15) is 29.6 Å². The van der Waals surface area contributed by atoms with E-state index in [-0.39, 0.29) is 29.0 Å². The van der Waals surface area contributed by atoms with Crippen LogP contribution in [0.2, 0.25) is 0 Å². The summed E-state index contributed by atoms with van der Waals surface area (Å²) in [6, 6.07) is 3.57. The molecule has 0 heterocycles. The van der Waals surface area contributed by atoms with Crippen LogP contribution in [-0.4, -0.2) is 25.5 Å². The van der Waals surface area contributed by atoms with Crippen LogP contribution in [0.4, 0.5) is 10.1 Å². The van der Waals surface area contributed by atoms with Crippen molar-refractivity contribution in [3.63, 3.8) is 0 Å². The van der Waals surface area contributed by atoms with Gasteiger partial charge in [-0.2, -0.15) is 0 Å². The number of esters is 1. The fraction of sp³-hybridized carbons (Fsp3) is 0.467. The lowest BCUT2D eigenvalue weighted by Crippen LogP contribution is -2.30. The Balaban J connectivity index is 2.20. The summed E-state index contributed by atoms with van der Waals surface area (Å²) in [7, 11) is 1.23. The van der Waals surface area contributed by atoms with E-state index in [1.165, 1.54) is 13.2 Å². The van der Waals surface area contributed by atoms with Gasteiger partial charge in [-0.05, 0) is 43.5 Å². The van der Waals surface area contributed by atoms with Crippen LogP contribution >= 0.6 is 0 Å². The second kappa shape index (κ2) is 6.67. The normalized spacial score (nSPS) is 21.1. The van der Waals surface area contributed by atoms with Crippen molar-refractivity contribution in [2.24, 2.45) is 17.6 Å². The molecule has 0 saturated heterocycles. The van der Waals surface area contributed by atoms with Gasteiger partial charge in [0, 0.05) is 5.92 Å². The molecule has 114 valence electrons. The molecule has 2 unspecified atom stereocenters. The fourth-order valence-corrected chi connectivity index (χ4v) is 2.80. The van der Waals surface area contributed by atoms with E-state index in [2.05, 4.69) is 10.1 Å². The Morgan fingerprint density at radius 3 is 2.86 bits per heavy atom. The zero-order chi connectivity index (χ0) is 15.4. The zero-order valence-corrected chi connectivity index (χ0v) is 11.9.